The van der Waals surface area contributed by atoms with Gasteiger partial charge in [-0.25, -0.2) is 0 Å². The molecule has 1 amide bonds. The van der Waals surface area contributed by atoms with Crippen LogP contribution in [0.1, 0.15) is 24.2 Å². The van der Waals surface area contributed by atoms with Gasteiger partial charge in [0.15, 0.2) is 0 Å². The van der Waals surface area contributed by atoms with E-state index in [4.69, 9.17) is 9.47 Å². The van der Waals surface area contributed by atoms with E-state index >= 15 is 0 Å². The molecule has 116 valence electrons. The van der Waals surface area contributed by atoms with Gasteiger partial charge in [-0.1, -0.05) is 22.0 Å². The van der Waals surface area contributed by atoms with Crippen molar-refractivity contribution in [1.29, 1.82) is 0 Å². The third kappa shape index (κ3) is 4.24. The molecule has 2 aromatic carbocycles. The quantitative estimate of drug-likeness (QED) is 0.850. The lowest BCUT2D eigenvalue weighted by Crippen LogP contribution is -2.13. The fraction of sp³-hybridized carbons (Fsp3) is 0.235. The van der Waals surface area contributed by atoms with Crippen LogP contribution in [0.25, 0.3) is 0 Å². The Bertz CT molecular complexity index is 671. The lowest BCUT2D eigenvalue weighted by atomic mass is 10.2. The van der Waals surface area contributed by atoms with Gasteiger partial charge < -0.3 is 14.8 Å². The second-order valence-corrected chi connectivity index (χ2v) is 5.91. The Kier molecular flexibility index (Phi) is 5.44. The van der Waals surface area contributed by atoms with Crippen molar-refractivity contribution in [2.24, 2.45) is 0 Å². The van der Waals surface area contributed by atoms with Crippen molar-refractivity contribution < 1.29 is 14.3 Å². The summed E-state index contributed by atoms with van der Waals surface area (Å²) in [5, 5.41) is 2.85. The molecule has 0 aliphatic rings. The summed E-state index contributed by atoms with van der Waals surface area (Å²) in [5.74, 6) is 1.00. The number of methoxy groups -OCH3 is 1. The van der Waals surface area contributed by atoms with E-state index in [9.17, 15) is 4.79 Å². The van der Waals surface area contributed by atoms with E-state index in [1.807, 2.05) is 38.1 Å². The molecule has 0 bridgehead atoms. The van der Waals surface area contributed by atoms with Crippen molar-refractivity contribution in [1.82, 2.24) is 0 Å². The molecule has 0 spiro atoms. The molecule has 0 radical (unpaired) electrons. The highest BCUT2D eigenvalue weighted by atomic mass is 79.9. The minimum absolute atomic E-state index is 0.0797. The first-order valence-electron chi connectivity index (χ1n) is 6.91. The Morgan fingerprint density at radius 1 is 1.18 bits per heavy atom. The van der Waals surface area contributed by atoms with E-state index in [2.05, 4.69) is 21.2 Å². The summed E-state index contributed by atoms with van der Waals surface area (Å²) >= 11 is 3.36. The average Bonchev–Trinajstić information content (AvgIpc) is 2.46. The Morgan fingerprint density at radius 3 is 2.64 bits per heavy atom. The number of anilines is 1. The number of rotatable bonds is 5. The van der Waals surface area contributed by atoms with Gasteiger partial charge in [-0.3, -0.25) is 4.79 Å². The number of hydrogen-bond acceptors (Lipinski definition) is 3. The number of amides is 1. The molecular weight excluding hydrogens is 346 g/mol. The molecule has 0 saturated carbocycles. The van der Waals surface area contributed by atoms with Crippen LogP contribution in [-0.2, 0) is 0 Å². The molecule has 0 atom stereocenters. The van der Waals surface area contributed by atoms with Gasteiger partial charge >= 0.3 is 0 Å². The van der Waals surface area contributed by atoms with Crippen LogP contribution in [0.15, 0.2) is 46.9 Å². The van der Waals surface area contributed by atoms with Crippen LogP contribution in [0.4, 0.5) is 5.69 Å². The maximum Gasteiger partial charge on any atom is 0.259 e. The number of benzene rings is 2. The summed E-state index contributed by atoms with van der Waals surface area (Å²) in [5.41, 5.74) is 1.14. The molecule has 0 saturated heterocycles. The topological polar surface area (TPSA) is 47.6 Å². The Balaban J connectivity index is 2.20. The zero-order valence-corrected chi connectivity index (χ0v) is 14.3. The molecular formula is C17H18BrNO3. The van der Waals surface area contributed by atoms with Crippen molar-refractivity contribution in [2.45, 2.75) is 20.0 Å². The first-order valence-corrected chi connectivity index (χ1v) is 7.70. The largest absolute Gasteiger partial charge is 0.496 e. The molecule has 0 aromatic heterocycles. The normalized spacial score (nSPS) is 10.4. The second-order valence-electron chi connectivity index (χ2n) is 4.99. The highest BCUT2D eigenvalue weighted by Gasteiger charge is 2.13. The summed E-state index contributed by atoms with van der Waals surface area (Å²) in [4.78, 5) is 12.4. The van der Waals surface area contributed by atoms with Crippen LogP contribution in [-0.4, -0.2) is 19.1 Å². The van der Waals surface area contributed by atoms with Crippen LogP contribution < -0.4 is 14.8 Å². The highest BCUT2D eigenvalue weighted by molar-refractivity contribution is 9.10. The van der Waals surface area contributed by atoms with E-state index in [1.54, 1.807) is 18.2 Å². The summed E-state index contributed by atoms with van der Waals surface area (Å²) in [6, 6.07) is 12.6. The van der Waals surface area contributed by atoms with Gasteiger partial charge in [0.25, 0.3) is 5.91 Å². The van der Waals surface area contributed by atoms with Crippen LogP contribution >= 0.6 is 15.9 Å². The van der Waals surface area contributed by atoms with Gasteiger partial charge in [-0.15, -0.1) is 0 Å². The number of halogens is 1. The van der Waals surface area contributed by atoms with E-state index in [-0.39, 0.29) is 12.0 Å². The van der Waals surface area contributed by atoms with Gasteiger partial charge in [0.1, 0.15) is 11.5 Å². The Labute approximate surface area is 138 Å². The van der Waals surface area contributed by atoms with Gasteiger partial charge in [-0.2, -0.15) is 0 Å². The number of hydrogen-bond donors (Lipinski definition) is 1. The second kappa shape index (κ2) is 7.31. The summed E-state index contributed by atoms with van der Waals surface area (Å²) in [6.07, 6.45) is 0.0797. The first-order chi connectivity index (χ1) is 10.5. The van der Waals surface area contributed by atoms with Crippen LogP contribution in [0.2, 0.25) is 0 Å². The average molecular weight is 364 g/mol. The SMILES string of the molecule is COc1ccc(Br)cc1C(=O)Nc1cccc(OC(C)C)c1. The zero-order valence-electron chi connectivity index (χ0n) is 12.7. The first kappa shape index (κ1) is 16.4. The highest BCUT2D eigenvalue weighted by Crippen LogP contribution is 2.25. The third-order valence-electron chi connectivity index (χ3n) is 2.87. The molecule has 0 aliphatic heterocycles. The molecule has 4 nitrogen and oxygen atoms in total. The van der Waals surface area contributed by atoms with Crippen LogP contribution in [0, 0.1) is 0 Å². The smallest absolute Gasteiger partial charge is 0.259 e. The molecule has 0 fully saturated rings. The molecule has 5 heteroatoms. The number of carbonyl (C=O) groups is 1. The van der Waals surface area contributed by atoms with Gasteiger partial charge in [0.05, 0.1) is 18.8 Å². The fourth-order valence-corrected chi connectivity index (χ4v) is 2.34. The molecule has 22 heavy (non-hydrogen) atoms. The number of carbonyl (C=O) groups excluding carboxylic acids is 1. The zero-order chi connectivity index (χ0) is 16.1. The fourth-order valence-electron chi connectivity index (χ4n) is 1.98. The number of nitrogens with one attached hydrogen (secondary N) is 1. The van der Waals surface area contributed by atoms with Crippen molar-refractivity contribution >= 4 is 27.5 Å². The predicted octanol–water partition coefficient (Wildman–Crippen LogP) is 4.50. The summed E-state index contributed by atoms with van der Waals surface area (Å²) < 4.78 is 11.7. The van der Waals surface area contributed by atoms with E-state index in [0.717, 1.165) is 4.47 Å². The lowest BCUT2D eigenvalue weighted by Gasteiger charge is -2.12. The van der Waals surface area contributed by atoms with Crippen LogP contribution in [0.5, 0.6) is 11.5 Å². The molecule has 1 N–H and O–H groups in total. The van der Waals surface area contributed by atoms with Gasteiger partial charge in [-0.05, 0) is 44.2 Å². The Morgan fingerprint density at radius 2 is 1.95 bits per heavy atom. The van der Waals surface area contributed by atoms with Gasteiger partial charge in [0.2, 0.25) is 0 Å². The van der Waals surface area contributed by atoms with E-state index < -0.39 is 0 Å². The monoisotopic (exact) mass is 363 g/mol. The summed E-state index contributed by atoms with van der Waals surface area (Å²) in [7, 11) is 1.54. The van der Waals surface area contributed by atoms with E-state index in [0.29, 0.717) is 22.7 Å². The van der Waals surface area contributed by atoms with Crippen LogP contribution in [0.3, 0.4) is 0 Å². The predicted molar refractivity (Wildman–Crippen MR) is 90.9 cm³/mol. The van der Waals surface area contributed by atoms with Crippen molar-refractivity contribution in [3.63, 3.8) is 0 Å². The van der Waals surface area contributed by atoms with Gasteiger partial charge in [0, 0.05) is 16.2 Å². The van der Waals surface area contributed by atoms with Crippen molar-refractivity contribution in [3.05, 3.63) is 52.5 Å². The molecule has 2 rings (SSSR count). The molecule has 0 aliphatic carbocycles. The molecule has 0 unspecified atom stereocenters. The lowest BCUT2D eigenvalue weighted by molar-refractivity contribution is 0.102. The van der Waals surface area contributed by atoms with E-state index in [1.165, 1.54) is 7.11 Å². The molecule has 0 heterocycles. The Hall–Kier alpha value is -2.01. The maximum atomic E-state index is 12.4. The minimum atomic E-state index is -0.236. The van der Waals surface area contributed by atoms with Crippen molar-refractivity contribution in [2.75, 3.05) is 12.4 Å². The minimum Gasteiger partial charge on any atom is -0.496 e. The molecule has 2 aromatic rings. The standard InChI is InChI=1S/C17H18BrNO3/c1-11(2)22-14-6-4-5-13(10-14)19-17(20)15-9-12(18)7-8-16(15)21-3/h4-11H,1-3H3,(H,19,20). The number of ether oxygens (including phenoxy) is 2. The summed E-state index contributed by atoms with van der Waals surface area (Å²) in [6.45, 7) is 3.91. The van der Waals surface area contributed by atoms with Crippen molar-refractivity contribution in [3.8, 4) is 11.5 Å². The maximum absolute atomic E-state index is 12.4. The third-order valence-corrected chi connectivity index (χ3v) is 3.36.